The van der Waals surface area contributed by atoms with E-state index in [1.54, 1.807) is 39.0 Å². The number of nitrogens with one attached hydrogen (secondary N) is 1. The number of benzene rings is 3. The fourth-order valence-electron chi connectivity index (χ4n) is 5.90. The highest BCUT2D eigenvalue weighted by Gasteiger charge is 2.33. The van der Waals surface area contributed by atoms with E-state index in [4.69, 9.17) is 14.2 Å². The molecule has 0 heterocycles. The van der Waals surface area contributed by atoms with Crippen LogP contribution in [0.2, 0.25) is 0 Å². The summed E-state index contributed by atoms with van der Waals surface area (Å²) < 4.78 is 17.2. The van der Waals surface area contributed by atoms with Crippen molar-refractivity contribution in [3.63, 3.8) is 0 Å². The fraction of sp³-hybridized carbons (Fsp3) is 0.381. The van der Waals surface area contributed by atoms with Gasteiger partial charge in [-0.1, -0.05) is 119 Å². The zero-order chi connectivity index (χ0) is 36.5. The van der Waals surface area contributed by atoms with Crippen LogP contribution in [0.25, 0.3) is 17.2 Å². The molecule has 264 valence electrons. The molecular weight excluding hydrogens is 630 g/mol. The van der Waals surface area contributed by atoms with Crippen LogP contribution in [0.15, 0.2) is 91.0 Å². The van der Waals surface area contributed by atoms with E-state index < -0.39 is 35.8 Å². The SMILES string of the molecule is C[C@H](/C=C/c1ccc(C=O)cc1)[C@H](C/C=C/C(=O)OC(C)(C)C)OC(=O)[C@H](CC(C)(C)C)NC(=O)OCC1c2ccccc2-c2ccccc21. The second-order valence-electron chi connectivity index (χ2n) is 14.9. The third kappa shape index (κ3) is 11.0. The molecule has 50 heavy (non-hydrogen) atoms. The topological polar surface area (TPSA) is 108 Å². The van der Waals surface area contributed by atoms with Gasteiger partial charge in [0.15, 0.2) is 0 Å². The summed E-state index contributed by atoms with van der Waals surface area (Å²) in [5.74, 6) is -1.49. The van der Waals surface area contributed by atoms with E-state index in [0.29, 0.717) is 12.0 Å². The molecule has 8 nitrogen and oxygen atoms in total. The van der Waals surface area contributed by atoms with Gasteiger partial charge in [-0.25, -0.2) is 14.4 Å². The van der Waals surface area contributed by atoms with E-state index in [9.17, 15) is 19.2 Å². The van der Waals surface area contributed by atoms with Crippen LogP contribution in [-0.4, -0.2) is 48.7 Å². The Morgan fingerprint density at radius 2 is 1.42 bits per heavy atom. The largest absolute Gasteiger partial charge is 0.460 e. The zero-order valence-corrected chi connectivity index (χ0v) is 30.1. The van der Waals surface area contributed by atoms with Gasteiger partial charge in [-0.05, 0) is 60.4 Å². The number of hydrogen-bond donors (Lipinski definition) is 1. The van der Waals surface area contributed by atoms with Crippen LogP contribution in [0, 0.1) is 11.3 Å². The minimum Gasteiger partial charge on any atom is -0.460 e. The summed E-state index contributed by atoms with van der Waals surface area (Å²) in [7, 11) is 0. The second kappa shape index (κ2) is 16.6. The van der Waals surface area contributed by atoms with Crippen LogP contribution in [0.1, 0.15) is 94.3 Å². The molecule has 0 saturated carbocycles. The molecule has 1 N–H and O–H groups in total. The average molecular weight is 680 g/mol. The summed E-state index contributed by atoms with van der Waals surface area (Å²) in [6.07, 6.45) is 6.72. The van der Waals surface area contributed by atoms with E-state index >= 15 is 0 Å². The highest BCUT2D eigenvalue weighted by atomic mass is 16.6. The number of fused-ring (bicyclic) bond motifs is 3. The summed E-state index contributed by atoms with van der Waals surface area (Å²) in [6, 6.07) is 22.3. The molecule has 4 rings (SSSR count). The van der Waals surface area contributed by atoms with Gasteiger partial charge < -0.3 is 19.5 Å². The smallest absolute Gasteiger partial charge is 0.407 e. The van der Waals surface area contributed by atoms with Crippen molar-refractivity contribution >= 4 is 30.4 Å². The summed E-state index contributed by atoms with van der Waals surface area (Å²) in [6.45, 7) is 13.3. The summed E-state index contributed by atoms with van der Waals surface area (Å²) in [5, 5.41) is 2.78. The molecule has 0 aromatic heterocycles. The zero-order valence-electron chi connectivity index (χ0n) is 30.1. The Kier molecular flexibility index (Phi) is 12.6. The molecule has 3 atom stereocenters. The number of alkyl carbamates (subject to hydrolysis) is 1. The number of hydrogen-bond acceptors (Lipinski definition) is 7. The normalized spacial score (nSPS) is 14.8. The number of rotatable bonds is 13. The molecule has 0 spiro atoms. The highest BCUT2D eigenvalue weighted by molar-refractivity contribution is 5.83. The Hall–Kier alpha value is -4.98. The molecule has 1 amide bonds. The predicted molar refractivity (Wildman–Crippen MR) is 196 cm³/mol. The fourth-order valence-corrected chi connectivity index (χ4v) is 5.90. The lowest BCUT2D eigenvalue weighted by molar-refractivity contribution is -0.153. The van der Waals surface area contributed by atoms with Crippen molar-refractivity contribution < 1.29 is 33.4 Å². The number of carbonyl (C=O) groups is 4. The Bertz CT molecular complexity index is 1660. The third-order valence-corrected chi connectivity index (χ3v) is 8.28. The highest BCUT2D eigenvalue weighted by Crippen LogP contribution is 2.44. The van der Waals surface area contributed by atoms with Crippen LogP contribution in [-0.2, 0) is 23.8 Å². The van der Waals surface area contributed by atoms with Crippen LogP contribution in [0.3, 0.4) is 0 Å². The minimum absolute atomic E-state index is 0.116. The maximum atomic E-state index is 13.8. The monoisotopic (exact) mass is 679 g/mol. The predicted octanol–water partition coefficient (Wildman–Crippen LogP) is 8.69. The van der Waals surface area contributed by atoms with Gasteiger partial charge in [0.1, 0.15) is 30.6 Å². The quantitative estimate of drug-likeness (QED) is 0.0834. The molecule has 3 aromatic rings. The van der Waals surface area contributed by atoms with E-state index in [0.717, 1.165) is 34.1 Å². The molecule has 8 heteroatoms. The third-order valence-electron chi connectivity index (χ3n) is 8.28. The molecule has 0 bridgehead atoms. The molecule has 0 fully saturated rings. The maximum absolute atomic E-state index is 13.8. The van der Waals surface area contributed by atoms with Crippen molar-refractivity contribution in [2.45, 2.75) is 85.0 Å². The van der Waals surface area contributed by atoms with Gasteiger partial charge in [0.2, 0.25) is 0 Å². The van der Waals surface area contributed by atoms with Crippen molar-refractivity contribution in [1.29, 1.82) is 0 Å². The van der Waals surface area contributed by atoms with Gasteiger partial charge >= 0.3 is 18.0 Å². The van der Waals surface area contributed by atoms with E-state index in [1.165, 1.54) is 6.08 Å². The van der Waals surface area contributed by atoms with Crippen molar-refractivity contribution in [3.05, 3.63) is 113 Å². The van der Waals surface area contributed by atoms with E-state index in [2.05, 4.69) is 17.4 Å². The molecule has 0 saturated heterocycles. The number of esters is 2. The standard InChI is InChI=1S/C42H49NO7/c1-28(19-20-29-21-23-30(26-44)24-22-29)37(17-12-18-38(45)50-42(5,6)7)49-39(46)36(25-41(2,3)4)43-40(47)48-27-35-33-15-10-8-13-31(33)32-14-9-11-16-34(32)35/h8-16,18-24,26,28,35-37H,17,25,27H2,1-7H3,(H,43,47)/b18-12+,20-19+/t28-,36+,37+/m1/s1. The van der Waals surface area contributed by atoms with E-state index in [-0.39, 0.29) is 30.3 Å². The molecule has 0 unspecified atom stereocenters. The van der Waals surface area contributed by atoms with Crippen molar-refractivity contribution in [3.8, 4) is 11.1 Å². The Morgan fingerprint density at radius 1 is 0.840 bits per heavy atom. The van der Waals surface area contributed by atoms with Crippen LogP contribution in [0.5, 0.6) is 0 Å². The summed E-state index contributed by atoms with van der Waals surface area (Å²) >= 11 is 0. The van der Waals surface area contributed by atoms with Gasteiger partial charge in [0.25, 0.3) is 0 Å². The Morgan fingerprint density at radius 3 is 1.98 bits per heavy atom. The minimum atomic E-state index is -0.977. The first-order valence-electron chi connectivity index (χ1n) is 17.1. The summed E-state index contributed by atoms with van der Waals surface area (Å²) in [5.41, 5.74) is 4.91. The van der Waals surface area contributed by atoms with Crippen molar-refractivity contribution in [2.75, 3.05) is 6.61 Å². The number of ether oxygens (including phenoxy) is 3. The van der Waals surface area contributed by atoms with Crippen LogP contribution < -0.4 is 5.32 Å². The molecular formula is C42H49NO7. The second-order valence-corrected chi connectivity index (χ2v) is 14.9. The van der Waals surface area contributed by atoms with Gasteiger partial charge in [0.05, 0.1) is 0 Å². The molecule has 0 radical (unpaired) electrons. The molecule has 1 aliphatic carbocycles. The van der Waals surface area contributed by atoms with Gasteiger partial charge in [-0.15, -0.1) is 0 Å². The first-order valence-corrected chi connectivity index (χ1v) is 17.1. The number of carbonyl (C=O) groups excluding carboxylic acids is 4. The first kappa shape index (κ1) is 37.8. The van der Waals surface area contributed by atoms with E-state index in [1.807, 2.05) is 88.4 Å². The van der Waals surface area contributed by atoms with Crippen LogP contribution >= 0.6 is 0 Å². The molecule has 3 aromatic carbocycles. The van der Waals surface area contributed by atoms with Crippen LogP contribution in [0.4, 0.5) is 4.79 Å². The maximum Gasteiger partial charge on any atom is 0.407 e. The lowest BCUT2D eigenvalue weighted by Gasteiger charge is -2.28. The van der Waals surface area contributed by atoms with Gasteiger partial charge in [-0.3, -0.25) is 4.79 Å². The van der Waals surface area contributed by atoms with Crippen molar-refractivity contribution in [2.24, 2.45) is 11.3 Å². The van der Waals surface area contributed by atoms with Gasteiger partial charge in [-0.2, -0.15) is 0 Å². The first-order chi connectivity index (χ1) is 23.6. The van der Waals surface area contributed by atoms with Gasteiger partial charge in [0, 0.05) is 29.9 Å². The molecule has 1 aliphatic rings. The Labute approximate surface area is 295 Å². The lowest BCUT2D eigenvalue weighted by atomic mass is 9.88. The Balaban J connectivity index is 1.48. The summed E-state index contributed by atoms with van der Waals surface area (Å²) in [4.78, 5) is 50.5. The lowest BCUT2D eigenvalue weighted by Crippen LogP contribution is -2.46. The average Bonchev–Trinajstić information content (AvgIpc) is 3.37. The van der Waals surface area contributed by atoms with Crippen molar-refractivity contribution in [1.82, 2.24) is 5.32 Å². The molecule has 0 aliphatic heterocycles. The number of amides is 1. The number of aldehydes is 1.